The van der Waals surface area contributed by atoms with Gasteiger partial charge in [0.1, 0.15) is 6.33 Å². The predicted octanol–water partition coefficient (Wildman–Crippen LogP) is 3.31. The highest BCUT2D eigenvalue weighted by Gasteiger charge is 2.35. The Kier molecular flexibility index (Phi) is 4.91. The van der Waals surface area contributed by atoms with Crippen LogP contribution >= 0.6 is 11.6 Å². The zero-order valence-electron chi connectivity index (χ0n) is 12.9. The Morgan fingerprint density at radius 3 is 2.83 bits per heavy atom. The van der Waals surface area contributed by atoms with Crippen LogP contribution in [0.3, 0.4) is 0 Å². The van der Waals surface area contributed by atoms with Crippen molar-refractivity contribution in [1.29, 1.82) is 0 Å². The quantitative estimate of drug-likeness (QED) is 0.911. The molecule has 1 N–H and O–H groups in total. The molecule has 0 radical (unpaired) electrons. The maximum absolute atomic E-state index is 12.5. The molecule has 3 rings (SSSR count). The number of carbonyl (C=O) groups excluding carboxylic acids is 1. The number of nitrogens with one attached hydrogen (secondary N) is 1. The molecule has 0 bridgehead atoms. The van der Waals surface area contributed by atoms with E-state index in [2.05, 4.69) is 20.8 Å². The van der Waals surface area contributed by atoms with Crippen molar-refractivity contribution < 1.29 is 4.79 Å². The van der Waals surface area contributed by atoms with Gasteiger partial charge in [-0.1, -0.05) is 36.9 Å². The Morgan fingerprint density at radius 2 is 2.13 bits per heavy atom. The van der Waals surface area contributed by atoms with E-state index in [0.717, 1.165) is 31.4 Å². The van der Waals surface area contributed by atoms with Gasteiger partial charge in [-0.3, -0.25) is 4.79 Å². The van der Waals surface area contributed by atoms with Crippen LogP contribution < -0.4 is 5.32 Å². The maximum atomic E-state index is 12.5. The fourth-order valence-corrected chi connectivity index (χ4v) is 3.59. The standard InChI is InChI=1S/C16H20ClN5O/c17-13-5-4-6-14(9-13)19-15(23)10-16(7-2-1-3-8-16)11-22-12-18-20-21-22/h4-6,9,12H,1-3,7-8,10-11H2,(H,19,23). The van der Waals surface area contributed by atoms with Gasteiger partial charge in [0.05, 0.1) is 6.54 Å². The lowest BCUT2D eigenvalue weighted by Gasteiger charge is -2.36. The molecule has 0 saturated heterocycles. The number of hydrogen-bond acceptors (Lipinski definition) is 4. The number of carbonyl (C=O) groups is 1. The van der Waals surface area contributed by atoms with Crippen molar-refractivity contribution in [2.45, 2.75) is 45.1 Å². The van der Waals surface area contributed by atoms with Crippen molar-refractivity contribution in [1.82, 2.24) is 20.2 Å². The van der Waals surface area contributed by atoms with E-state index in [0.29, 0.717) is 18.0 Å². The summed E-state index contributed by atoms with van der Waals surface area (Å²) in [4.78, 5) is 12.5. The third-order valence-corrected chi connectivity index (χ3v) is 4.68. The van der Waals surface area contributed by atoms with Gasteiger partial charge in [-0.05, 0) is 46.9 Å². The Labute approximate surface area is 140 Å². The number of benzene rings is 1. The van der Waals surface area contributed by atoms with E-state index in [1.54, 1.807) is 23.1 Å². The number of aromatic nitrogens is 4. The normalized spacial score (nSPS) is 16.9. The van der Waals surface area contributed by atoms with Gasteiger partial charge in [0.15, 0.2) is 0 Å². The largest absolute Gasteiger partial charge is 0.326 e. The Balaban J connectivity index is 1.69. The van der Waals surface area contributed by atoms with E-state index in [1.807, 2.05) is 12.1 Å². The maximum Gasteiger partial charge on any atom is 0.225 e. The lowest BCUT2D eigenvalue weighted by molar-refractivity contribution is -0.119. The van der Waals surface area contributed by atoms with Gasteiger partial charge in [-0.25, -0.2) is 4.68 Å². The SMILES string of the molecule is O=C(CC1(Cn2cnnn2)CCCCC1)Nc1cccc(Cl)c1. The fraction of sp³-hybridized carbons (Fsp3) is 0.500. The Morgan fingerprint density at radius 1 is 1.30 bits per heavy atom. The number of amides is 1. The molecule has 1 fully saturated rings. The molecular weight excluding hydrogens is 314 g/mol. The van der Waals surface area contributed by atoms with Gasteiger partial charge in [0.2, 0.25) is 5.91 Å². The van der Waals surface area contributed by atoms with Crippen LogP contribution in [0.25, 0.3) is 0 Å². The molecule has 1 saturated carbocycles. The smallest absolute Gasteiger partial charge is 0.225 e. The second-order valence-corrected chi connectivity index (χ2v) is 6.74. The Hall–Kier alpha value is -1.95. The van der Waals surface area contributed by atoms with Gasteiger partial charge < -0.3 is 5.32 Å². The third kappa shape index (κ3) is 4.28. The second kappa shape index (κ2) is 7.08. The van der Waals surface area contributed by atoms with Gasteiger partial charge in [0, 0.05) is 17.1 Å². The van der Waals surface area contributed by atoms with Gasteiger partial charge in [-0.2, -0.15) is 0 Å². The molecule has 23 heavy (non-hydrogen) atoms. The lowest BCUT2D eigenvalue weighted by Crippen LogP contribution is -2.34. The van der Waals surface area contributed by atoms with Crippen molar-refractivity contribution in [3.8, 4) is 0 Å². The summed E-state index contributed by atoms with van der Waals surface area (Å²) in [6.45, 7) is 0.683. The minimum atomic E-state index is -0.0731. The van der Waals surface area contributed by atoms with Crippen LogP contribution in [0, 0.1) is 5.41 Å². The first kappa shape index (κ1) is 15.9. The topological polar surface area (TPSA) is 72.7 Å². The van der Waals surface area contributed by atoms with Crippen LogP contribution in [0.5, 0.6) is 0 Å². The molecule has 0 unspecified atom stereocenters. The van der Waals surface area contributed by atoms with Gasteiger partial charge in [0.25, 0.3) is 0 Å². The zero-order chi connectivity index (χ0) is 16.1. The molecule has 1 amide bonds. The molecule has 0 aliphatic heterocycles. The van der Waals surface area contributed by atoms with Gasteiger partial charge in [-0.15, -0.1) is 5.10 Å². The molecule has 6 nitrogen and oxygen atoms in total. The lowest BCUT2D eigenvalue weighted by atomic mass is 9.71. The zero-order valence-corrected chi connectivity index (χ0v) is 13.7. The van der Waals surface area contributed by atoms with Crippen molar-refractivity contribution in [3.05, 3.63) is 35.6 Å². The molecule has 1 aliphatic rings. The summed E-state index contributed by atoms with van der Waals surface area (Å²) in [5.74, 6) is 0.0160. The number of halogens is 1. The molecular formula is C16H20ClN5O. The second-order valence-electron chi connectivity index (χ2n) is 6.30. The molecule has 122 valence electrons. The number of anilines is 1. The average Bonchev–Trinajstić information content (AvgIpc) is 3.00. The first-order valence-corrected chi connectivity index (χ1v) is 8.29. The molecule has 1 aromatic heterocycles. The van der Waals surface area contributed by atoms with Crippen molar-refractivity contribution in [3.63, 3.8) is 0 Å². The summed E-state index contributed by atoms with van der Waals surface area (Å²) >= 11 is 5.97. The first-order valence-electron chi connectivity index (χ1n) is 7.91. The number of nitrogens with zero attached hydrogens (tertiary/aromatic N) is 4. The van der Waals surface area contributed by atoms with E-state index in [1.165, 1.54) is 6.42 Å². The highest BCUT2D eigenvalue weighted by atomic mass is 35.5. The number of hydrogen-bond donors (Lipinski definition) is 1. The highest BCUT2D eigenvalue weighted by molar-refractivity contribution is 6.30. The Bertz CT molecular complexity index is 652. The highest BCUT2D eigenvalue weighted by Crippen LogP contribution is 2.40. The van der Waals surface area contributed by atoms with Crippen LogP contribution in [0.1, 0.15) is 38.5 Å². The average molecular weight is 334 g/mol. The van der Waals surface area contributed by atoms with Crippen molar-refractivity contribution in [2.75, 3.05) is 5.32 Å². The minimum absolute atomic E-state index is 0.0160. The molecule has 0 spiro atoms. The van der Waals surface area contributed by atoms with Crippen molar-refractivity contribution >= 4 is 23.2 Å². The summed E-state index contributed by atoms with van der Waals surface area (Å²) in [6, 6.07) is 7.22. The van der Waals surface area contributed by atoms with Crippen molar-refractivity contribution in [2.24, 2.45) is 5.41 Å². The van der Waals surface area contributed by atoms with E-state index in [-0.39, 0.29) is 11.3 Å². The van der Waals surface area contributed by atoms with E-state index in [4.69, 9.17) is 11.6 Å². The fourth-order valence-electron chi connectivity index (χ4n) is 3.40. The van der Waals surface area contributed by atoms with Crippen LogP contribution in [0.2, 0.25) is 5.02 Å². The molecule has 7 heteroatoms. The third-order valence-electron chi connectivity index (χ3n) is 4.45. The number of rotatable bonds is 5. The molecule has 0 atom stereocenters. The molecule has 2 aromatic rings. The van der Waals surface area contributed by atoms with Crippen LogP contribution in [-0.2, 0) is 11.3 Å². The van der Waals surface area contributed by atoms with Crippen LogP contribution in [0.15, 0.2) is 30.6 Å². The van der Waals surface area contributed by atoms with E-state index >= 15 is 0 Å². The summed E-state index contributed by atoms with van der Waals surface area (Å²) in [6.07, 6.45) is 7.66. The first-order chi connectivity index (χ1) is 11.2. The summed E-state index contributed by atoms with van der Waals surface area (Å²) in [5, 5.41) is 14.9. The summed E-state index contributed by atoms with van der Waals surface area (Å²) < 4.78 is 1.73. The predicted molar refractivity (Wildman–Crippen MR) is 88.0 cm³/mol. The van der Waals surface area contributed by atoms with E-state index in [9.17, 15) is 4.79 Å². The molecule has 1 aromatic carbocycles. The van der Waals surface area contributed by atoms with Crippen LogP contribution in [-0.4, -0.2) is 26.1 Å². The monoisotopic (exact) mass is 333 g/mol. The molecule has 1 heterocycles. The minimum Gasteiger partial charge on any atom is -0.326 e. The van der Waals surface area contributed by atoms with Crippen LogP contribution in [0.4, 0.5) is 5.69 Å². The summed E-state index contributed by atoms with van der Waals surface area (Å²) in [5.41, 5.74) is 0.659. The molecule has 1 aliphatic carbocycles. The van der Waals surface area contributed by atoms with Gasteiger partial charge >= 0.3 is 0 Å². The summed E-state index contributed by atoms with van der Waals surface area (Å²) in [7, 11) is 0. The number of tetrazole rings is 1. The van der Waals surface area contributed by atoms with E-state index < -0.39 is 0 Å².